The molecule has 102 valence electrons. The fourth-order valence-electron chi connectivity index (χ4n) is 2.86. The van der Waals surface area contributed by atoms with E-state index in [1.165, 1.54) is 0 Å². The molecule has 19 heavy (non-hydrogen) atoms. The van der Waals surface area contributed by atoms with Crippen LogP contribution >= 0.6 is 0 Å². The van der Waals surface area contributed by atoms with Gasteiger partial charge < -0.3 is 15.8 Å². The lowest BCUT2D eigenvalue weighted by Gasteiger charge is -2.43. The highest BCUT2D eigenvalue weighted by Crippen LogP contribution is 2.34. The molecule has 1 spiro atoms. The Hall–Kier alpha value is -1.75. The summed E-state index contributed by atoms with van der Waals surface area (Å²) in [6, 6.07) is 7.36. The van der Waals surface area contributed by atoms with Gasteiger partial charge in [0, 0.05) is 24.3 Å². The summed E-state index contributed by atoms with van der Waals surface area (Å²) in [4.78, 5) is 13.9. The van der Waals surface area contributed by atoms with E-state index in [1.807, 2.05) is 24.3 Å². The van der Waals surface area contributed by atoms with E-state index in [2.05, 4.69) is 5.32 Å². The van der Waals surface area contributed by atoms with Crippen LogP contribution in [0.15, 0.2) is 24.3 Å². The molecule has 0 atom stereocenters. The van der Waals surface area contributed by atoms with Gasteiger partial charge in [-0.3, -0.25) is 4.90 Å². The van der Waals surface area contributed by atoms with E-state index in [0.29, 0.717) is 12.2 Å². The Morgan fingerprint density at radius 1 is 1.26 bits per heavy atom. The van der Waals surface area contributed by atoms with Crippen LogP contribution in [0.2, 0.25) is 0 Å². The van der Waals surface area contributed by atoms with Crippen LogP contribution < -0.4 is 16.0 Å². The van der Waals surface area contributed by atoms with E-state index >= 15 is 0 Å². The maximum absolute atomic E-state index is 12.2. The van der Waals surface area contributed by atoms with Gasteiger partial charge in [-0.25, -0.2) is 4.79 Å². The van der Waals surface area contributed by atoms with Gasteiger partial charge in [0.15, 0.2) is 0 Å². The minimum absolute atomic E-state index is 0.251. The van der Waals surface area contributed by atoms with Crippen molar-refractivity contribution in [3.05, 3.63) is 24.3 Å². The molecule has 1 aromatic rings. The largest absolute Gasteiger partial charge is 0.442 e. The molecule has 2 fully saturated rings. The van der Waals surface area contributed by atoms with Gasteiger partial charge in [-0.05, 0) is 44.1 Å². The van der Waals surface area contributed by atoms with Crippen LogP contribution in [0.4, 0.5) is 16.2 Å². The number of rotatable bonds is 1. The molecule has 2 heterocycles. The van der Waals surface area contributed by atoms with Crippen molar-refractivity contribution in [3.8, 4) is 0 Å². The highest BCUT2D eigenvalue weighted by atomic mass is 16.6. The molecule has 5 heteroatoms. The third kappa shape index (κ3) is 2.38. The van der Waals surface area contributed by atoms with Crippen molar-refractivity contribution in [2.24, 2.45) is 0 Å². The number of amides is 1. The second-order valence-electron chi connectivity index (χ2n) is 5.30. The molecular weight excluding hydrogens is 242 g/mol. The number of carbonyl (C=O) groups is 1. The molecular formula is C14H19N3O2. The first-order valence-corrected chi connectivity index (χ1v) is 6.75. The number of nitrogens with zero attached hydrogens (tertiary/aromatic N) is 1. The number of nitrogens with two attached hydrogens (primary N) is 1. The van der Waals surface area contributed by atoms with Crippen LogP contribution in [-0.4, -0.2) is 31.3 Å². The number of hydrogen-bond acceptors (Lipinski definition) is 4. The van der Waals surface area contributed by atoms with Gasteiger partial charge in [0.1, 0.15) is 5.60 Å². The SMILES string of the molecule is Nc1cccc(N2CCC3(CCNCC3)OC2=O)c1. The zero-order valence-corrected chi connectivity index (χ0v) is 10.9. The Labute approximate surface area is 112 Å². The molecule has 0 unspecified atom stereocenters. The van der Waals surface area contributed by atoms with Crippen LogP contribution in [0.3, 0.4) is 0 Å². The molecule has 2 saturated heterocycles. The average Bonchev–Trinajstić information content (AvgIpc) is 2.39. The number of ether oxygens (including phenoxy) is 1. The predicted octanol–water partition coefficient (Wildman–Crippen LogP) is 1.74. The summed E-state index contributed by atoms with van der Waals surface area (Å²) in [5, 5.41) is 3.30. The predicted molar refractivity (Wildman–Crippen MR) is 74.1 cm³/mol. The van der Waals surface area contributed by atoms with Crippen LogP contribution in [0.25, 0.3) is 0 Å². The second kappa shape index (κ2) is 4.74. The average molecular weight is 261 g/mol. The van der Waals surface area contributed by atoms with Crippen LogP contribution in [0.5, 0.6) is 0 Å². The monoisotopic (exact) mass is 261 g/mol. The summed E-state index contributed by atoms with van der Waals surface area (Å²) < 4.78 is 5.73. The lowest BCUT2D eigenvalue weighted by molar-refractivity contribution is -0.0261. The number of piperidine rings is 1. The van der Waals surface area contributed by atoms with Crippen LogP contribution in [0.1, 0.15) is 19.3 Å². The van der Waals surface area contributed by atoms with Crippen molar-refractivity contribution in [2.75, 3.05) is 30.3 Å². The van der Waals surface area contributed by atoms with Gasteiger partial charge >= 0.3 is 6.09 Å². The van der Waals surface area contributed by atoms with Crippen molar-refractivity contribution < 1.29 is 9.53 Å². The number of hydrogen-bond donors (Lipinski definition) is 2. The Kier molecular flexibility index (Phi) is 3.06. The quantitative estimate of drug-likeness (QED) is 0.756. The molecule has 0 aliphatic carbocycles. The van der Waals surface area contributed by atoms with Crippen molar-refractivity contribution in [3.63, 3.8) is 0 Å². The standard InChI is InChI=1S/C14H19N3O2/c15-11-2-1-3-12(10-11)17-9-6-14(19-13(17)18)4-7-16-8-5-14/h1-3,10,16H,4-9,15H2. The molecule has 2 aliphatic heterocycles. The molecule has 1 aromatic carbocycles. The first kappa shape index (κ1) is 12.3. The Morgan fingerprint density at radius 2 is 2.05 bits per heavy atom. The van der Waals surface area contributed by atoms with Gasteiger partial charge in [-0.2, -0.15) is 0 Å². The highest BCUT2D eigenvalue weighted by molar-refractivity contribution is 5.89. The number of nitrogens with one attached hydrogen (secondary N) is 1. The molecule has 0 radical (unpaired) electrons. The molecule has 0 aromatic heterocycles. The summed E-state index contributed by atoms with van der Waals surface area (Å²) in [6.45, 7) is 2.54. The molecule has 5 nitrogen and oxygen atoms in total. The van der Waals surface area contributed by atoms with Crippen molar-refractivity contribution in [2.45, 2.75) is 24.9 Å². The van der Waals surface area contributed by atoms with Gasteiger partial charge in [0.25, 0.3) is 0 Å². The lowest BCUT2D eigenvalue weighted by atomic mass is 9.87. The highest BCUT2D eigenvalue weighted by Gasteiger charge is 2.41. The topological polar surface area (TPSA) is 67.6 Å². The molecule has 2 aliphatic rings. The van der Waals surface area contributed by atoms with Crippen LogP contribution in [0, 0.1) is 0 Å². The Morgan fingerprint density at radius 3 is 2.74 bits per heavy atom. The number of anilines is 2. The zero-order chi connectivity index (χ0) is 13.3. The first-order chi connectivity index (χ1) is 9.19. The molecule has 0 bridgehead atoms. The second-order valence-corrected chi connectivity index (χ2v) is 5.30. The number of carbonyl (C=O) groups excluding carboxylic acids is 1. The van der Waals surface area contributed by atoms with Gasteiger partial charge in [0.05, 0.1) is 0 Å². The maximum atomic E-state index is 12.2. The zero-order valence-electron chi connectivity index (χ0n) is 10.9. The molecule has 0 saturated carbocycles. The minimum atomic E-state index is -0.251. The molecule has 3 N–H and O–H groups in total. The summed E-state index contributed by atoms with van der Waals surface area (Å²) in [6.07, 6.45) is 2.45. The fraction of sp³-hybridized carbons (Fsp3) is 0.500. The lowest BCUT2D eigenvalue weighted by Crippen LogP contribution is -2.54. The Balaban J connectivity index is 1.76. The third-order valence-electron chi connectivity index (χ3n) is 4.01. The minimum Gasteiger partial charge on any atom is -0.442 e. The van der Waals surface area contributed by atoms with Crippen molar-refractivity contribution in [1.29, 1.82) is 0 Å². The van der Waals surface area contributed by atoms with E-state index in [9.17, 15) is 4.79 Å². The van der Waals surface area contributed by atoms with E-state index < -0.39 is 0 Å². The van der Waals surface area contributed by atoms with Gasteiger partial charge in [0.2, 0.25) is 0 Å². The first-order valence-electron chi connectivity index (χ1n) is 6.75. The van der Waals surface area contributed by atoms with E-state index in [0.717, 1.165) is 38.0 Å². The van der Waals surface area contributed by atoms with E-state index in [4.69, 9.17) is 10.5 Å². The number of nitrogen functional groups attached to an aromatic ring is 1. The van der Waals surface area contributed by atoms with E-state index in [1.54, 1.807) is 4.90 Å². The molecule has 3 rings (SSSR count). The summed E-state index contributed by atoms with van der Waals surface area (Å²) in [5.41, 5.74) is 6.98. The fourth-order valence-corrected chi connectivity index (χ4v) is 2.86. The molecule has 1 amide bonds. The van der Waals surface area contributed by atoms with E-state index in [-0.39, 0.29) is 11.7 Å². The maximum Gasteiger partial charge on any atom is 0.414 e. The van der Waals surface area contributed by atoms with Gasteiger partial charge in [-0.15, -0.1) is 0 Å². The smallest absolute Gasteiger partial charge is 0.414 e. The summed E-state index contributed by atoms with van der Waals surface area (Å²) in [7, 11) is 0. The summed E-state index contributed by atoms with van der Waals surface area (Å²) in [5.74, 6) is 0. The van der Waals surface area contributed by atoms with Gasteiger partial charge in [-0.1, -0.05) is 6.07 Å². The third-order valence-corrected chi connectivity index (χ3v) is 4.01. The normalized spacial score (nSPS) is 22.3. The summed E-state index contributed by atoms with van der Waals surface area (Å²) >= 11 is 0. The number of benzene rings is 1. The Bertz CT molecular complexity index is 483. The van der Waals surface area contributed by atoms with Crippen molar-refractivity contribution >= 4 is 17.5 Å². The van der Waals surface area contributed by atoms with Crippen LogP contribution in [-0.2, 0) is 4.74 Å². The van der Waals surface area contributed by atoms with Crippen molar-refractivity contribution in [1.82, 2.24) is 5.32 Å².